The predicted octanol–water partition coefficient (Wildman–Crippen LogP) is 3.41. The topological polar surface area (TPSA) is 65.4 Å². The SMILES string of the molecule is CC(Cc1ccc(C(F)(F)F)cc1)N(ON1CSC=N1)C(=O)O. The Labute approximate surface area is 134 Å². The quantitative estimate of drug-likeness (QED) is 0.825. The van der Waals surface area contributed by atoms with Gasteiger partial charge in [-0.05, 0) is 31.0 Å². The predicted molar refractivity (Wildman–Crippen MR) is 78.3 cm³/mol. The van der Waals surface area contributed by atoms with Crippen LogP contribution in [0.3, 0.4) is 0 Å². The van der Waals surface area contributed by atoms with Gasteiger partial charge in [0.1, 0.15) is 5.88 Å². The number of alkyl halides is 3. The first-order chi connectivity index (χ1) is 10.8. The minimum absolute atomic E-state index is 0.204. The molecule has 1 aromatic rings. The smallest absolute Gasteiger partial charge is 0.433 e. The Hall–Kier alpha value is -1.94. The van der Waals surface area contributed by atoms with E-state index < -0.39 is 23.9 Å². The van der Waals surface area contributed by atoms with Crippen LogP contribution >= 0.6 is 11.8 Å². The average molecular weight is 349 g/mol. The molecule has 10 heteroatoms. The van der Waals surface area contributed by atoms with E-state index in [-0.39, 0.29) is 6.42 Å². The number of halogens is 3. The molecule has 23 heavy (non-hydrogen) atoms. The molecule has 1 aliphatic heterocycles. The van der Waals surface area contributed by atoms with Crippen molar-refractivity contribution in [3.8, 4) is 0 Å². The van der Waals surface area contributed by atoms with Crippen LogP contribution in [0.2, 0.25) is 0 Å². The molecule has 2 rings (SSSR count). The molecule has 0 bridgehead atoms. The second kappa shape index (κ2) is 7.09. The lowest BCUT2D eigenvalue weighted by Gasteiger charge is -2.27. The lowest BCUT2D eigenvalue weighted by Crippen LogP contribution is -2.42. The van der Waals surface area contributed by atoms with Crippen molar-refractivity contribution in [2.24, 2.45) is 5.10 Å². The van der Waals surface area contributed by atoms with Crippen molar-refractivity contribution in [1.29, 1.82) is 0 Å². The number of amides is 1. The summed E-state index contributed by atoms with van der Waals surface area (Å²) in [7, 11) is 0. The van der Waals surface area contributed by atoms with E-state index in [0.717, 1.165) is 22.4 Å². The number of hydrogen-bond donors (Lipinski definition) is 1. The lowest BCUT2D eigenvalue weighted by atomic mass is 10.0. The summed E-state index contributed by atoms with van der Waals surface area (Å²) in [5.74, 6) is 0.358. The molecule has 1 heterocycles. The van der Waals surface area contributed by atoms with Crippen LogP contribution in [0, 0.1) is 0 Å². The molecule has 1 amide bonds. The van der Waals surface area contributed by atoms with E-state index in [4.69, 9.17) is 4.94 Å². The van der Waals surface area contributed by atoms with E-state index in [1.807, 2.05) is 0 Å². The van der Waals surface area contributed by atoms with Gasteiger partial charge < -0.3 is 5.11 Å². The van der Waals surface area contributed by atoms with Crippen molar-refractivity contribution in [2.75, 3.05) is 5.88 Å². The number of carbonyl (C=O) groups is 1. The summed E-state index contributed by atoms with van der Waals surface area (Å²) in [4.78, 5) is 16.4. The highest BCUT2D eigenvalue weighted by atomic mass is 32.2. The minimum Gasteiger partial charge on any atom is -0.463 e. The summed E-state index contributed by atoms with van der Waals surface area (Å²) in [6.45, 7) is 1.60. The summed E-state index contributed by atoms with van der Waals surface area (Å²) < 4.78 is 37.5. The molecular weight excluding hydrogens is 335 g/mol. The number of carboxylic acid groups (broad SMARTS) is 1. The molecule has 1 aromatic carbocycles. The summed E-state index contributed by atoms with van der Waals surface area (Å²) in [5, 5.41) is 14.8. The molecule has 1 unspecified atom stereocenters. The number of nitrogens with zero attached hydrogens (tertiary/aromatic N) is 3. The van der Waals surface area contributed by atoms with E-state index >= 15 is 0 Å². The number of hydrazone groups is 1. The molecule has 0 aliphatic carbocycles. The number of hydrogen-bond acceptors (Lipinski definition) is 5. The monoisotopic (exact) mass is 349 g/mol. The molecule has 0 spiro atoms. The van der Waals surface area contributed by atoms with Crippen molar-refractivity contribution in [3.63, 3.8) is 0 Å². The molecule has 1 aliphatic rings. The van der Waals surface area contributed by atoms with Gasteiger partial charge in [-0.2, -0.15) is 18.2 Å². The summed E-state index contributed by atoms with van der Waals surface area (Å²) in [6.07, 6.45) is -5.50. The van der Waals surface area contributed by atoms with Crippen molar-refractivity contribution < 1.29 is 28.0 Å². The maximum absolute atomic E-state index is 12.5. The molecule has 0 radical (unpaired) electrons. The minimum atomic E-state index is -4.40. The highest BCUT2D eigenvalue weighted by Gasteiger charge is 2.30. The lowest BCUT2D eigenvalue weighted by molar-refractivity contribution is -0.307. The third-order valence-corrected chi connectivity index (χ3v) is 3.63. The zero-order valence-electron chi connectivity index (χ0n) is 12.0. The maximum Gasteiger partial charge on any atom is 0.433 e. The van der Waals surface area contributed by atoms with E-state index in [0.29, 0.717) is 11.4 Å². The van der Waals surface area contributed by atoms with Crippen LogP contribution in [0.5, 0.6) is 0 Å². The van der Waals surface area contributed by atoms with Gasteiger partial charge in [-0.25, -0.2) is 4.79 Å². The van der Waals surface area contributed by atoms with Gasteiger partial charge in [0, 0.05) is 0 Å². The van der Waals surface area contributed by atoms with E-state index in [1.54, 1.807) is 6.92 Å². The third-order valence-electron chi connectivity index (χ3n) is 3.02. The van der Waals surface area contributed by atoms with Gasteiger partial charge in [-0.15, -0.1) is 15.2 Å². The van der Waals surface area contributed by atoms with Crippen molar-refractivity contribution in [2.45, 2.75) is 25.6 Å². The molecule has 6 nitrogen and oxygen atoms in total. The Balaban J connectivity index is 2.01. The molecule has 1 atom stereocenters. The fourth-order valence-corrected chi connectivity index (χ4v) is 2.40. The van der Waals surface area contributed by atoms with E-state index in [1.165, 1.54) is 29.4 Å². The highest BCUT2D eigenvalue weighted by molar-refractivity contribution is 8.12. The first-order valence-electron chi connectivity index (χ1n) is 6.55. The number of benzene rings is 1. The van der Waals surface area contributed by atoms with Crippen molar-refractivity contribution >= 4 is 23.4 Å². The fraction of sp³-hybridized carbons (Fsp3) is 0.385. The summed E-state index contributed by atoms with van der Waals surface area (Å²) in [6, 6.07) is 3.97. The normalized spacial score (nSPS) is 15.7. The molecule has 1 N–H and O–H groups in total. The summed E-state index contributed by atoms with van der Waals surface area (Å²) in [5.41, 5.74) is 1.34. The third kappa shape index (κ3) is 4.76. The van der Waals surface area contributed by atoms with Gasteiger partial charge in [0.25, 0.3) is 0 Å². The van der Waals surface area contributed by atoms with Gasteiger partial charge in [0.15, 0.2) is 0 Å². The van der Waals surface area contributed by atoms with Crippen LogP contribution in [0.25, 0.3) is 0 Å². The highest BCUT2D eigenvalue weighted by Crippen LogP contribution is 2.29. The second-order valence-corrected chi connectivity index (χ2v) is 5.61. The van der Waals surface area contributed by atoms with Crippen LogP contribution in [0.1, 0.15) is 18.1 Å². The largest absolute Gasteiger partial charge is 0.463 e. The zero-order chi connectivity index (χ0) is 17.0. The molecule has 0 aromatic heterocycles. The number of thioether (sulfide) groups is 1. The van der Waals surface area contributed by atoms with Gasteiger partial charge in [-0.1, -0.05) is 23.9 Å². The average Bonchev–Trinajstić information content (AvgIpc) is 2.97. The molecule has 0 fully saturated rings. The fourth-order valence-electron chi connectivity index (χ4n) is 1.92. The van der Waals surface area contributed by atoms with Crippen LogP contribution in [-0.4, -0.2) is 38.9 Å². The first kappa shape index (κ1) is 17.4. The zero-order valence-corrected chi connectivity index (χ0v) is 12.8. The van der Waals surface area contributed by atoms with E-state index in [2.05, 4.69) is 5.10 Å². The van der Waals surface area contributed by atoms with Crippen LogP contribution in [0.4, 0.5) is 18.0 Å². The molecule has 0 saturated carbocycles. The Kier molecular flexibility index (Phi) is 5.37. The Bertz CT molecular complexity index is 580. The van der Waals surface area contributed by atoms with Gasteiger partial charge in [-0.3, -0.25) is 0 Å². The van der Waals surface area contributed by atoms with Crippen molar-refractivity contribution in [1.82, 2.24) is 10.2 Å². The van der Waals surface area contributed by atoms with Crippen LogP contribution in [-0.2, 0) is 17.5 Å². The van der Waals surface area contributed by atoms with Gasteiger partial charge in [0.2, 0.25) is 0 Å². The Morgan fingerprint density at radius 1 is 1.48 bits per heavy atom. The summed E-state index contributed by atoms with van der Waals surface area (Å²) >= 11 is 1.34. The standard InChI is InChI=1S/C13H14F3N3O3S/c1-9(19(12(20)21)22-18-8-23-7-17-18)6-10-2-4-11(5-3-10)13(14,15)16/h2-5,7,9H,6,8H2,1H3,(H,20,21). The molecule has 0 saturated heterocycles. The number of hydroxylamine groups is 3. The Morgan fingerprint density at radius 3 is 2.61 bits per heavy atom. The second-order valence-electron chi connectivity index (χ2n) is 4.81. The molecule has 126 valence electrons. The Morgan fingerprint density at radius 2 is 2.13 bits per heavy atom. The first-order valence-corrected chi connectivity index (χ1v) is 7.60. The maximum atomic E-state index is 12.5. The van der Waals surface area contributed by atoms with Gasteiger partial charge >= 0.3 is 12.3 Å². The van der Waals surface area contributed by atoms with Crippen LogP contribution < -0.4 is 0 Å². The number of rotatable bonds is 5. The van der Waals surface area contributed by atoms with E-state index in [9.17, 15) is 23.1 Å². The van der Waals surface area contributed by atoms with Gasteiger partial charge in [0.05, 0.1) is 17.2 Å². The van der Waals surface area contributed by atoms with Crippen LogP contribution in [0.15, 0.2) is 29.4 Å². The molecular formula is C13H14F3N3O3S. The van der Waals surface area contributed by atoms with Crippen molar-refractivity contribution in [3.05, 3.63) is 35.4 Å².